The number of amides is 1. The Labute approximate surface area is 109 Å². The second-order valence-electron chi connectivity index (χ2n) is 4.87. The lowest BCUT2D eigenvalue weighted by Crippen LogP contribution is -2.43. The molecule has 3 heteroatoms. The Bertz CT molecular complexity index is 385. The summed E-state index contributed by atoms with van der Waals surface area (Å²) in [7, 11) is 0. The van der Waals surface area contributed by atoms with Gasteiger partial charge in [0, 0.05) is 18.2 Å². The molecule has 1 amide bonds. The van der Waals surface area contributed by atoms with Gasteiger partial charge in [-0.05, 0) is 25.0 Å². The maximum atomic E-state index is 12.5. The van der Waals surface area contributed by atoms with Crippen LogP contribution in [0.3, 0.4) is 0 Å². The van der Waals surface area contributed by atoms with Crippen molar-refractivity contribution in [1.29, 1.82) is 0 Å². The molecule has 0 aliphatic carbocycles. The van der Waals surface area contributed by atoms with Gasteiger partial charge in [-0.1, -0.05) is 32.0 Å². The van der Waals surface area contributed by atoms with Gasteiger partial charge < -0.3 is 9.64 Å². The third-order valence-corrected chi connectivity index (χ3v) is 3.58. The molecule has 1 heterocycles. The molecule has 1 fully saturated rings. The van der Waals surface area contributed by atoms with Crippen molar-refractivity contribution in [3.05, 3.63) is 30.3 Å². The molecular formula is C15H21NO2. The number of hydrogen-bond donors (Lipinski definition) is 0. The molecule has 18 heavy (non-hydrogen) atoms. The van der Waals surface area contributed by atoms with Crippen molar-refractivity contribution in [1.82, 2.24) is 0 Å². The van der Waals surface area contributed by atoms with Gasteiger partial charge in [0.2, 0.25) is 5.91 Å². The molecule has 0 spiro atoms. The van der Waals surface area contributed by atoms with Crippen molar-refractivity contribution in [3.63, 3.8) is 0 Å². The molecule has 0 N–H and O–H groups in total. The Morgan fingerprint density at radius 3 is 2.72 bits per heavy atom. The molecule has 0 radical (unpaired) electrons. The van der Waals surface area contributed by atoms with Gasteiger partial charge in [0.15, 0.2) is 0 Å². The summed E-state index contributed by atoms with van der Waals surface area (Å²) in [6.45, 7) is 5.45. The summed E-state index contributed by atoms with van der Waals surface area (Å²) in [6, 6.07) is 10.1. The van der Waals surface area contributed by atoms with Gasteiger partial charge >= 0.3 is 0 Å². The van der Waals surface area contributed by atoms with E-state index in [1.807, 2.05) is 42.2 Å². The summed E-state index contributed by atoms with van der Waals surface area (Å²) in [5, 5.41) is 0. The third-order valence-electron chi connectivity index (χ3n) is 3.58. The van der Waals surface area contributed by atoms with E-state index < -0.39 is 0 Å². The zero-order valence-electron chi connectivity index (χ0n) is 11.1. The van der Waals surface area contributed by atoms with E-state index in [2.05, 4.69) is 6.92 Å². The maximum absolute atomic E-state index is 12.5. The highest BCUT2D eigenvalue weighted by atomic mass is 16.5. The fourth-order valence-electron chi connectivity index (χ4n) is 2.24. The summed E-state index contributed by atoms with van der Waals surface area (Å²) in [5.74, 6) is 0.269. The standard InChI is InChI=1S/C15H21NO2/c1-3-12(2)15(17)16(14-9-10-18-11-14)13-7-5-4-6-8-13/h4-8,12,14H,3,9-11H2,1-2H3. The zero-order chi connectivity index (χ0) is 13.0. The first-order valence-electron chi connectivity index (χ1n) is 6.70. The van der Waals surface area contributed by atoms with Crippen molar-refractivity contribution in [2.24, 2.45) is 5.92 Å². The molecule has 0 aromatic heterocycles. The Morgan fingerprint density at radius 2 is 2.17 bits per heavy atom. The average Bonchev–Trinajstić information content (AvgIpc) is 2.93. The molecule has 2 atom stereocenters. The van der Waals surface area contributed by atoms with Crippen molar-refractivity contribution < 1.29 is 9.53 Å². The molecule has 0 saturated carbocycles. The Morgan fingerprint density at radius 1 is 1.44 bits per heavy atom. The minimum Gasteiger partial charge on any atom is -0.379 e. The zero-order valence-corrected chi connectivity index (χ0v) is 11.1. The molecule has 0 bridgehead atoms. The van der Waals surface area contributed by atoms with Gasteiger partial charge in [0.1, 0.15) is 0 Å². The van der Waals surface area contributed by atoms with Crippen LogP contribution in [-0.2, 0) is 9.53 Å². The first-order valence-corrected chi connectivity index (χ1v) is 6.70. The first-order chi connectivity index (χ1) is 8.74. The number of para-hydroxylation sites is 1. The molecule has 2 rings (SSSR count). The lowest BCUT2D eigenvalue weighted by Gasteiger charge is -2.30. The predicted molar refractivity (Wildman–Crippen MR) is 72.6 cm³/mol. The molecule has 3 nitrogen and oxygen atoms in total. The van der Waals surface area contributed by atoms with Crippen LogP contribution in [0.5, 0.6) is 0 Å². The number of carbonyl (C=O) groups excluding carboxylic acids is 1. The molecular weight excluding hydrogens is 226 g/mol. The minimum absolute atomic E-state index is 0.0609. The molecule has 98 valence electrons. The van der Waals surface area contributed by atoms with Crippen LogP contribution in [0.25, 0.3) is 0 Å². The van der Waals surface area contributed by atoms with E-state index in [-0.39, 0.29) is 17.9 Å². The van der Waals surface area contributed by atoms with Crippen LogP contribution in [0.1, 0.15) is 26.7 Å². The monoisotopic (exact) mass is 247 g/mol. The highest BCUT2D eigenvalue weighted by Gasteiger charge is 2.30. The second kappa shape index (κ2) is 6.01. The van der Waals surface area contributed by atoms with Crippen LogP contribution in [0.2, 0.25) is 0 Å². The fraction of sp³-hybridized carbons (Fsp3) is 0.533. The number of rotatable bonds is 4. The number of carbonyl (C=O) groups is 1. The summed E-state index contributed by atoms with van der Waals surface area (Å²) in [5.41, 5.74) is 0.985. The number of anilines is 1. The van der Waals surface area contributed by atoms with Gasteiger partial charge in [0.25, 0.3) is 0 Å². The Kier molecular flexibility index (Phi) is 4.37. The Balaban J connectivity index is 2.25. The quantitative estimate of drug-likeness (QED) is 0.818. The number of benzene rings is 1. The largest absolute Gasteiger partial charge is 0.379 e. The van der Waals surface area contributed by atoms with Crippen LogP contribution < -0.4 is 4.90 Å². The molecule has 1 saturated heterocycles. The number of hydrogen-bond acceptors (Lipinski definition) is 2. The van der Waals surface area contributed by atoms with Crippen LogP contribution >= 0.6 is 0 Å². The number of ether oxygens (including phenoxy) is 1. The van der Waals surface area contributed by atoms with Gasteiger partial charge in [-0.2, -0.15) is 0 Å². The lowest BCUT2D eigenvalue weighted by molar-refractivity contribution is -0.122. The van der Waals surface area contributed by atoms with E-state index in [0.717, 1.165) is 25.1 Å². The normalized spacial score (nSPS) is 20.7. The average molecular weight is 247 g/mol. The van der Waals surface area contributed by atoms with Gasteiger partial charge in [-0.25, -0.2) is 0 Å². The second-order valence-corrected chi connectivity index (χ2v) is 4.87. The SMILES string of the molecule is CCC(C)C(=O)N(c1ccccc1)C1CCOC1. The summed E-state index contributed by atoms with van der Waals surface area (Å²) in [4.78, 5) is 14.5. The van der Waals surface area contributed by atoms with Crippen LogP contribution in [-0.4, -0.2) is 25.2 Å². The van der Waals surface area contributed by atoms with Gasteiger partial charge in [-0.15, -0.1) is 0 Å². The van der Waals surface area contributed by atoms with E-state index in [4.69, 9.17) is 4.74 Å². The fourth-order valence-corrected chi connectivity index (χ4v) is 2.24. The molecule has 2 unspecified atom stereocenters. The topological polar surface area (TPSA) is 29.5 Å². The van der Waals surface area contributed by atoms with E-state index in [1.165, 1.54) is 0 Å². The molecule has 1 aliphatic rings. The molecule has 1 aromatic rings. The first kappa shape index (κ1) is 13.1. The van der Waals surface area contributed by atoms with Crippen molar-refractivity contribution >= 4 is 11.6 Å². The van der Waals surface area contributed by atoms with Crippen molar-refractivity contribution in [3.8, 4) is 0 Å². The van der Waals surface area contributed by atoms with Gasteiger partial charge in [-0.3, -0.25) is 4.79 Å². The summed E-state index contributed by atoms with van der Waals surface area (Å²) < 4.78 is 5.43. The van der Waals surface area contributed by atoms with Crippen molar-refractivity contribution in [2.75, 3.05) is 18.1 Å². The van der Waals surface area contributed by atoms with E-state index in [1.54, 1.807) is 0 Å². The van der Waals surface area contributed by atoms with Crippen LogP contribution in [0, 0.1) is 5.92 Å². The van der Waals surface area contributed by atoms with Crippen molar-refractivity contribution in [2.45, 2.75) is 32.7 Å². The molecule has 1 aromatic carbocycles. The Hall–Kier alpha value is -1.35. The lowest BCUT2D eigenvalue weighted by atomic mass is 10.0. The maximum Gasteiger partial charge on any atom is 0.230 e. The summed E-state index contributed by atoms with van der Waals surface area (Å²) >= 11 is 0. The summed E-state index contributed by atoms with van der Waals surface area (Å²) in [6.07, 6.45) is 1.80. The minimum atomic E-state index is 0.0609. The van der Waals surface area contributed by atoms with E-state index in [9.17, 15) is 4.79 Å². The highest BCUT2D eigenvalue weighted by Crippen LogP contribution is 2.24. The van der Waals surface area contributed by atoms with Crippen LogP contribution in [0.4, 0.5) is 5.69 Å². The van der Waals surface area contributed by atoms with Crippen LogP contribution in [0.15, 0.2) is 30.3 Å². The smallest absolute Gasteiger partial charge is 0.230 e. The molecule has 1 aliphatic heterocycles. The highest BCUT2D eigenvalue weighted by molar-refractivity contribution is 5.95. The van der Waals surface area contributed by atoms with E-state index in [0.29, 0.717) is 6.61 Å². The third kappa shape index (κ3) is 2.72. The van der Waals surface area contributed by atoms with E-state index >= 15 is 0 Å². The number of nitrogens with zero attached hydrogens (tertiary/aromatic N) is 1. The van der Waals surface area contributed by atoms with Gasteiger partial charge in [0.05, 0.1) is 12.6 Å². The predicted octanol–water partition coefficient (Wildman–Crippen LogP) is 2.85.